The molecule has 0 N–H and O–H groups in total. The van der Waals surface area contributed by atoms with E-state index in [1.807, 2.05) is 133 Å². The van der Waals surface area contributed by atoms with Gasteiger partial charge in [-0.3, -0.25) is 0 Å². The maximum Gasteiger partial charge on any atom is 0.136 e. The van der Waals surface area contributed by atoms with Crippen molar-refractivity contribution in [2.75, 3.05) is 0 Å². The van der Waals surface area contributed by atoms with Crippen molar-refractivity contribution < 1.29 is 19.8 Å². The summed E-state index contributed by atoms with van der Waals surface area (Å²) in [7, 11) is 0. The van der Waals surface area contributed by atoms with Gasteiger partial charge >= 0.3 is 0 Å². The maximum absolute atomic E-state index is 9.47. The van der Waals surface area contributed by atoms with Crippen LogP contribution in [0.15, 0.2) is 203 Å². The number of benzene rings is 10. The fourth-order valence-corrected chi connectivity index (χ4v) is 8.81. The summed E-state index contributed by atoms with van der Waals surface area (Å²) in [5.74, 6) is 0. The van der Waals surface area contributed by atoms with Crippen molar-refractivity contribution in [3.8, 4) is 44.5 Å². The van der Waals surface area contributed by atoms with Crippen molar-refractivity contribution in [2.24, 2.45) is 0 Å². The van der Waals surface area contributed by atoms with Crippen molar-refractivity contribution >= 4 is 76.2 Å². The highest BCUT2D eigenvalue weighted by Crippen LogP contribution is 2.48. The number of rotatable bonds is 4. The molecule has 0 amide bonds. The molecule has 0 bridgehead atoms. The molecular weight excluding hydrogens is 681 g/mol. The van der Waals surface area contributed by atoms with E-state index < -0.39 is 0 Å². The molecule has 0 saturated carbocycles. The second-order valence-corrected chi connectivity index (χ2v) is 14.1. The van der Waals surface area contributed by atoms with Gasteiger partial charge in [-0.25, -0.2) is 0 Å². The molecule has 0 aliphatic carbocycles. The molecule has 2 aromatic heterocycles. The molecule has 0 unspecified atom stereocenters. The number of fused-ring (bicyclic) bond motifs is 9. The first kappa shape index (κ1) is 24.1. The zero-order chi connectivity index (χ0) is 43.7. The summed E-state index contributed by atoms with van der Waals surface area (Å²) in [5.41, 5.74) is 8.24. The minimum absolute atomic E-state index is 0.0955. The summed E-state index contributed by atoms with van der Waals surface area (Å²) >= 11 is 0. The molecule has 2 heterocycles. The number of para-hydroxylation sites is 2. The number of furan rings is 2. The summed E-state index contributed by atoms with van der Waals surface area (Å²) < 4.78 is 83.8. The van der Waals surface area contributed by atoms with Crippen LogP contribution < -0.4 is 0 Å². The first-order valence-corrected chi connectivity index (χ1v) is 18.5. The van der Waals surface area contributed by atoms with E-state index in [0.717, 1.165) is 71.3 Å². The highest BCUT2D eigenvalue weighted by molar-refractivity contribution is 6.24. The molecule has 260 valence electrons. The van der Waals surface area contributed by atoms with Gasteiger partial charge in [-0.1, -0.05) is 164 Å². The van der Waals surface area contributed by atoms with E-state index in [1.165, 1.54) is 0 Å². The molecule has 0 saturated heterocycles. The van der Waals surface area contributed by atoms with Gasteiger partial charge in [0.05, 0.1) is 11.0 Å². The summed E-state index contributed by atoms with van der Waals surface area (Å²) in [5, 5.41) is 7.28. The Kier molecular flexibility index (Phi) is 5.18. The summed E-state index contributed by atoms with van der Waals surface area (Å²) in [6.45, 7) is 0. The first-order valence-electron chi connectivity index (χ1n) is 22.5. The Bertz CT molecular complexity index is 3990. The minimum atomic E-state index is -0.357. The summed E-state index contributed by atoms with van der Waals surface area (Å²) in [6.07, 6.45) is 0. The highest BCUT2D eigenvalue weighted by atomic mass is 16.3. The van der Waals surface area contributed by atoms with E-state index in [1.54, 1.807) is 6.07 Å². The quantitative estimate of drug-likeness (QED) is 0.169. The smallest absolute Gasteiger partial charge is 0.136 e. The van der Waals surface area contributed by atoms with Crippen LogP contribution >= 0.6 is 0 Å². The van der Waals surface area contributed by atoms with E-state index in [9.17, 15) is 2.74 Å². The van der Waals surface area contributed by atoms with Crippen molar-refractivity contribution in [1.29, 1.82) is 0 Å². The van der Waals surface area contributed by atoms with E-state index in [4.69, 9.17) is 17.1 Å². The standard InChI is InChI=1S/C54H32O2/c1-2-15-36-33(13-1)14-11-22-37(36)52-40-18-5-3-16-38(40)50(39-17-4-6-19-41(39)52)34-27-29-35(30-28-34)51-43(31-32-49-54(51)45-21-8-10-25-47(45)56-49)42-23-12-26-48-53(42)44-20-7-9-24-46(44)55-48/h1-32H/i3D,5D,7D,9D,16D,18D,20D,24D. The lowest BCUT2D eigenvalue weighted by Gasteiger charge is -2.19. The predicted molar refractivity (Wildman–Crippen MR) is 235 cm³/mol. The predicted octanol–water partition coefficient (Wildman–Crippen LogP) is 15.6. The van der Waals surface area contributed by atoms with Crippen LogP contribution in [-0.4, -0.2) is 0 Å². The monoisotopic (exact) mass is 720 g/mol. The molecule has 2 heteroatoms. The highest BCUT2D eigenvalue weighted by Gasteiger charge is 2.22. The third kappa shape index (κ3) is 4.50. The average Bonchev–Trinajstić information content (AvgIpc) is 3.92. The molecule has 2 nitrogen and oxygen atoms in total. The Morgan fingerprint density at radius 3 is 1.68 bits per heavy atom. The van der Waals surface area contributed by atoms with Gasteiger partial charge in [-0.05, 0) is 102 Å². The zero-order valence-electron chi connectivity index (χ0n) is 37.7. The molecule has 12 aromatic rings. The maximum atomic E-state index is 9.47. The molecule has 0 radical (unpaired) electrons. The molecular formula is C54H32O2. The fourth-order valence-electron chi connectivity index (χ4n) is 8.81. The Balaban J connectivity index is 1.15. The average molecular weight is 721 g/mol. The first-order chi connectivity index (χ1) is 31.1. The van der Waals surface area contributed by atoms with Crippen LogP contribution in [0.1, 0.15) is 11.0 Å². The summed E-state index contributed by atoms with van der Waals surface area (Å²) in [4.78, 5) is 0. The zero-order valence-corrected chi connectivity index (χ0v) is 29.7. The van der Waals surface area contributed by atoms with Crippen LogP contribution in [0.2, 0.25) is 0 Å². The largest absolute Gasteiger partial charge is 0.456 e. The Hall–Kier alpha value is -7.42. The number of hydrogen-bond acceptors (Lipinski definition) is 2. The van der Waals surface area contributed by atoms with Gasteiger partial charge in [0.1, 0.15) is 22.3 Å². The topological polar surface area (TPSA) is 26.3 Å². The fraction of sp³-hybridized carbons (Fsp3) is 0. The van der Waals surface area contributed by atoms with Gasteiger partial charge in [0.25, 0.3) is 0 Å². The lowest BCUT2D eigenvalue weighted by atomic mass is 9.84. The van der Waals surface area contributed by atoms with Crippen LogP contribution in [-0.2, 0) is 0 Å². The minimum Gasteiger partial charge on any atom is -0.456 e. The van der Waals surface area contributed by atoms with Gasteiger partial charge in [0.2, 0.25) is 0 Å². The van der Waals surface area contributed by atoms with Crippen LogP contribution in [0.3, 0.4) is 0 Å². The van der Waals surface area contributed by atoms with E-state index >= 15 is 0 Å². The van der Waals surface area contributed by atoms with Gasteiger partial charge < -0.3 is 8.83 Å². The van der Waals surface area contributed by atoms with Crippen molar-refractivity contribution in [3.05, 3.63) is 194 Å². The molecule has 0 aliphatic heterocycles. The van der Waals surface area contributed by atoms with Gasteiger partial charge in [0, 0.05) is 27.1 Å². The lowest BCUT2D eigenvalue weighted by molar-refractivity contribution is 0.669. The van der Waals surface area contributed by atoms with E-state index in [2.05, 4.69) is 6.07 Å². The molecule has 0 aliphatic rings. The van der Waals surface area contributed by atoms with E-state index in [0.29, 0.717) is 43.9 Å². The van der Waals surface area contributed by atoms with Crippen LogP contribution in [0.4, 0.5) is 0 Å². The van der Waals surface area contributed by atoms with Crippen LogP contribution in [0, 0.1) is 0 Å². The summed E-state index contributed by atoms with van der Waals surface area (Å²) in [6, 6.07) is 45.6. The van der Waals surface area contributed by atoms with Crippen LogP contribution in [0.5, 0.6) is 0 Å². The van der Waals surface area contributed by atoms with Crippen molar-refractivity contribution in [2.45, 2.75) is 0 Å². The van der Waals surface area contributed by atoms with Gasteiger partial charge in [0.15, 0.2) is 0 Å². The normalized spacial score (nSPS) is 13.9. The molecule has 0 fully saturated rings. The second kappa shape index (κ2) is 12.0. The molecule has 56 heavy (non-hydrogen) atoms. The molecule has 10 aromatic carbocycles. The third-order valence-corrected chi connectivity index (χ3v) is 11.1. The Morgan fingerprint density at radius 2 is 0.857 bits per heavy atom. The second-order valence-electron chi connectivity index (χ2n) is 14.1. The third-order valence-electron chi connectivity index (χ3n) is 11.1. The van der Waals surface area contributed by atoms with Gasteiger partial charge in [-0.2, -0.15) is 0 Å². The lowest BCUT2D eigenvalue weighted by Crippen LogP contribution is -1.92. The van der Waals surface area contributed by atoms with E-state index in [-0.39, 0.29) is 53.9 Å². The molecule has 0 spiro atoms. The van der Waals surface area contributed by atoms with Crippen molar-refractivity contribution in [1.82, 2.24) is 0 Å². The van der Waals surface area contributed by atoms with Crippen molar-refractivity contribution in [3.63, 3.8) is 0 Å². The Morgan fingerprint density at radius 1 is 0.304 bits per heavy atom. The number of hydrogen-bond donors (Lipinski definition) is 0. The molecule has 12 rings (SSSR count). The van der Waals surface area contributed by atoms with Crippen LogP contribution in [0.25, 0.3) is 121 Å². The molecule has 0 atom stereocenters. The Labute approximate surface area is 333 Å². The SMILES string of the molecule is [2H]c1c([2H])c([2H])c2c(oc3cccc(-c4ccc5oc6ccccc6c5c4-c4ccc(-c5c6ccccc6c(-c6cccc7ccccc67)c6c([2H])c([2H])c([2H])c([2H])c56)cc4)c32)c1[2H]. The van der Waals surface area contributed by atoms with Gasteiger partial charge in [-0.15, -0.1) is 0 Å².